The highest BCUT2D eigenvalue weighted by Crippen LogP contribution is 2.40. The number of alkyl halides is 2. The molecular formula is C33H33Cl2F2N6O3-. The van der Waals surface area contributed by atoms with E-state index in [9.17, 15) is 18.7 Å². The molecule has 1 aliphatic heterocycles. The van der Waals surface area contributed by atoms with Gasteiger partial charge in [0, 0.05) is 54.2 Å². The maximum atomic E-state index is 13.4. The van der Waals surface area contributed by atoms with E-state index in [1.54, 1.807) is 30.3 Å². The molecule has 5 rings (SSSR count). The molecule has 0 aliphatic carbocycles. The standard InChI is InChI=1S/C33H34Cl2F2N6O3/c1-19-15-20(2)29(21(3)16-19)30(24-17-22(34)5-7-25(24)35)43(33(44)45)28-9-10-38-32(40-28)39-23-6-8-26(27(18-23)46-31(36)37)42-13-11-41(4)12-14-42/h5-10,15-18,30-31H,11-14H2,1-4H3,(H,44,45)(H,38,39,40)/p-1. The van der Waals surface area contributed by atoms with Crippen molar-refractivity contribution < 1.29 is 23.4 Å². The van der Waals surface area contributed by atoms with Crippen LogP contribution in [0.15, 0.2) is 60.8 Å². The first-order valence-corrected chi connectivity index (χ1v) is 15.3. The number of nitrogens with zero attached hydrogens (tertiary/aromatic N) is 5. The molecule has 4 aromatic rings. The van der Waals surface area contributed by atoms with Gasteiger partial charge in [0.2, 0.25) is 5.95 Å². The Morgan fingerprint density at radius 1 is 1.00 bits per heavy atom. The number of piperazine rings is 1. The minimum atomic E-state index is -3.03. The second kappa shape index (κ2) is 14.1. The molecule has 0 radical (unpaired) electrons. The van der Waals surface area contributed by atoms with Gasteiger partial charge in [-0.05, 0) is 86.5 Å². The van der Waals surface area contributed by atoms with Gasteiger partial charge in [-0.25, -0.2) is 4.98 Å². The molecule has 2 heterocycles. The van der Waals surface area contributed by atoms with E-state index in [2.05, 4.69) is 20.2 Å². The van der Waals surface area contributed by atoms with Crippen LogP contribution in [0, 0.1) is 20.8 Å². The number of anilines is 4. The maximum Gasteiger partial charge on any atom is 0.387 e. The molecule has 1 amide bonds. The summed E-state index contributed by atoms with van der Waals surface area (Å²) in [5.74, 6) is 0.0152. The second-order valence-corrected chi connectivity index (χ2v) is 12.1. The van der Waals surface area contributed by atoms with Gasteiger partial charge < -0.3 is 34.7 Å². The predicted octanol–water partition coefficient (Wildman–Crippen LogP) is 6.74. The fraction of sp³-hybridized carbons (Fsp3) is 0.303. The van der Waals surface area contributed by atoms with Gasteiger partial charge in [0.1, 0.15) is 11.9 Å². The Balaban J connectivity index is 1.55. The van der Waals surface area contributed by atoms with Crippen LogP contribution < -0.4 is 25.0 Å². The van der Waals surface area contributed by atoms with E-state index >= 15 is 0 Å². The van der Waals surface area contributed by atoms with E-state index in [0.717, 1.165) is 34.7 Å². The summed E-state index contributed by atoms with van der Waals surface area (Å²) in [5.41, 5.74) is 4.73. The second-order valence-electron chi connectivity index (χ2n) is 11.2. The molecule has 1 N–H and O–H groups in total. The van der Waals surface area contributed by atoms with Crippen molar-refractivity contribution in [3.63, 3.8) is 0 Å². The van der Waals surface area contributed by atoms with Crippen molar-refractivity contribution >= 4 is 52.4 Å². The highest BCUT2D eigenvalue weighted by atomic mass is 35.5. The summed E-state index contributed by atoms with van der Waals surface area (Å²) in [6, 6.07) is 14.1. The van der Waals surface area contributed by atoms with E-state index in [1.807, 2.05) is 44.9 Å². The first-order valence-electron chi connectivity index (χ1n) is 14.6. The van der Waals surface area contributed by atoms with E-state index in [4.69, 9.17) is 27.9 Å². The summed E-state index contributed by atoms with van der Waals surface area (Å²) in [7, 11) is 2.01. The Bertz CT molecular complexity index is 1710. The molecule has 1 saturated heterocycles. The number of aromatic nitrogens is 2. The molecule has 46 heavy (non-hydrogen) atoms. The van der Waals surface area contributed by atoms with Crippen molar-refractivity contribution in [2.24, 2.45) is 0 Å². The quantitative estimate of drug-likeness (QED) is 0.209. The van der Waals surface area contributed by atoms with Gasteiger partial charge in [0.15, 0.2) is 5.75 Å². The number of benzene rings is 3. The number of carbonyl (C=O) groups is 1. The Morgan fingerprint density at radius 2 is 1.70 bits per heavy atom. The van der Waals surface area contributed by atoms with Crippen molar-refractivity contribution in [3.8, 4) is 5.75 Å². The van der Waals surface area contributed by atoms with E-state index < -0.39 is 18.7 Å². The minimum absolute atomic E-state index is 0.00180. The number of carboxylic acid groups (broad SMARTS) is 1. The zero-order valence-electron chi connectivity index (χ0n) is 25.7. The first-order chi connectivity index (χ1) is 21.9. The number of hydrogen-bond acceptors (Lipinski definition) is 8. The SMILES string of the molecule is Cc1cc(C)c(C(c2cc(Cl)ccc2Cl)N(C(=O)[O-])c2ccnc(Nc3ccc(N4CCN(C)CC4)c(OC(F)F)c3)n2)c(C)c1. The van der Waals surface area contributed by atoms with E-state index in [0.29, 0.717) is 45.6 Å². The van der Waals surface area contributed by atoms with Crippen LogP contribution in [0.25, 0.3) is 0 Å². The fourth-order valence-corrected chi connectivity index (χ4v) is 6.27. The summed E-state index contributed by atoms with van der Waals surface area (Å²) in [5, 5.41) is 16.6. The van der Waals surface area contributed by atoms with Gasteiger partial charge >= 0.3 is 6.61 Å². The predicted molar refractivity (Wildman–Crippen MR) is 175 cm³/mol. The molecule has 1 unspecified atom stereocenters. The molecule has 1 aromatic heterocycles. The molecule has 3 aromatic carbocycles. The Kier molecular flexibility index (Phi) is 10.1. The third kappa shape index (κ3) is 7.43. The van der Waals surface area contributed by atoms with Crippen LogP contribution >= 0.6 is 23.2 Å². The normalized spacial score (nSPS) is 14.3. The van der Waals surface area contributed by atoms with Gasteiger partial charge in [-0.2, -0.15) is 13.8 Å². The van der Waals surface area contributed by atoms with Gasteiger partial charge in [-0.15, -0.1) is 0 Å². The molecule has 13 heteroatoms. The lowest BCUT2D eigenvalue weighted by Crippen LogP contribution is -2.45. The van der Waals surface area contributed by atoms with Gasteiger partial charge in [0.25, 0.3) is 0 Å². The van der Waals surface area contributed by atoms with Crippen LogP contribution in [0.4, 0.5) is 36.7 Å². The molecule has 9 nitrogen and oxygen atoms in total. The number of likely N-dealkylation sites (N-methyl/N-ethyl adjacent to an activating group) is 1. The monoisotopic (exact) mass is 669 g/mol. The van der Waals surface area contributed by atoms with Crippen LogP contribution in [0.3, 0.4) is 0 Å². The van der Waals surface area contributed by atoms with Crippen molar-refractivity contribution in [3.05, 3.63) is 98.7 Å². The van der Waals surface area contributed by atoms with Gasteiger partial charge in [-0.3, -0.25) is 0 Å². The number of halogens is 4. The number of hydrogen-bond donors (Lipinski definition) is 1. The lowest BCUT2D eigenvalue weighted by atomic mass is 9.89. The topological polar surface area (TPSA) is 96.9 Å². The largest absolute Gasteiger partial charge is 0.530 e. The van der Waals surface area contributed by atoms with Crippen molar-refractivity contribution in [1.29, 1.82) is 0 Å². The fourth-order valence-electron chi connectivity index (χ4n) is 5.87. The zero-order valence-corrected chi connectivity index (χ0v) is 27.2. The Hall–Kier alpha value is -4.19. The van der Waals surface area contributed by atoms with Crippen molar-refractivity contribution in [2.75, 3.05) is 48.3 Å². The zero-order chi connectivity index (χ0) is 33.1. The summed E-state index contributed by atoms with van der Waals surface area (Å²) in [6.07, 6.45) is -0.143. The summed E-state index contributed by atoms with van der Waals surface area (Å²) < 4.78 is 31.7. The van der Waals surface area contributed by atoms with Crippen LogP contribution in [-0.2, 0) is 0 Å². The molecule has 1 aliphatic rings. The van der Waals surface area contributed by atoms with Crippen LogP contribution in [-0.4, -0.2) is 60.8 Å². The minimum Gasteiger partial charge on any atom is -0.530 e. The highest BCUT2D eigenvalue weighted by Gasteiger charge is 2.30. The molecule has 1 atom stereocenters. The lowest BCUT2D eigenvalue weighted by molar-refractivity contribution is -0.247. The lowest BCUT2D eigenvalue weighted by Gasteiger charge is -2.36. The number of nitrogens with one attached hydrogen (secondary N) is 1. The molecule has 0 saturated carbocycles. The first kappa shape index (κ1) is 33.2. The molecule has 0 bridgehead atoms. The third-order valence-corrected chi connectivity index (χ3v) is 8.46. The Labute approximate surface area is 276 Å². The smallest absolute Gasteiger partial charge is 0.387 e. The molecule has 1 fully saturated rings. The van der Waals surface area contributed by atoms with Crippen LogP contribution in [0.1, 0.15) is 33.9 Å². The maximum absolute atomic E-state index is 13.4. The number of rotatable bonds is 9. The number of aryl methyl sites for hydroxylation is 3. The van der Waals surface area contributed by atoms with Crippen LogP contribution in [0.2, 0.25) is 10.0 Å². The van der Waals surface area contributed by atoms with Crippen molar-refractivity contribution in [2.45, 2.75) is 33.4 Å². The summed E-state index contributed by atoms with van der Waals surface area (Å²) >= 11 is 13.0. The highest BCUT2D eigenvalue weighted by molar-refractivity contribution is 6.33. The van der Waals surface area contributed by atoms with Crippen LogP contribution in [0.5, 0.6) is 5.75 Å². The number of amides is 1. The average Bonchev–Trinajstić information content (AvgIpc) is 2.98. The summed E-state index contributed by atoms with van der Waals surface area (Å²) in [4.78, 5) is 26.9. The average molecular weight is 671 g/mol. The molecule has 242 valence electrons. The Morgan fingerprint density at radius 3 is 2.35 bits per heavy atom. The summed E-state index contributed by atoms with van der Waals surface area (Å²) in [6.45, 7) is 5.61. The van der Waals surface area contributed by atoms with Gasteiger partial charge in [-0.1, -0.05) is 40.9 Å². The molecular weight excluding hydrogens is 637 g/mol. The van der Waals surface area contributed by atoms with E-state index in [1.165, 1.54) is 18.3 Å². The molecule has 0 spiro atoms. The number of ether oxygens (including phenoxy) is 1. The third-order valence-electron chi connectivity index (χ3n) is 7.88. The van der Waals surface area contributed by atoms with Gasteiger partial charge in [0.05, 0.1) is 11.7 Å². The van der Waals surface area contributed by atoms with Crippen molar-refractivity contribution in [1.82, 2.24) is 14.9 Å². The van der Waals surface area contributed by atoms with E-state index in [-0.39, 0.29) is 17.5 Å². The number of carbonyl (C=O) groups excluding carboxylic acids is 1.